The molecule has 2 aromatic heterocycles. The Hall–Kier alpha value is -3.04. The van der Waals surface area contributed by atoms with Gasteiger partial charge in [-0.05, 0) is 69.7 Å². The van der Waals surface area contributed by atoms with Gasteiger partial charge in [-0.25, -0.2) is 4.52 Å². The summed E-state index contributed by atoms with van der Waals surface area (Å²) in [6.45, 7) is 3.57. The van der Waals surface area contributed by atoms with E-state index >= 15 is 0 Å². The van der Waals surface area contributed by atoms with Gasteiger partial charge < -0.3 is 30.5 Å². The van der Waals surface area contributed by atoms with Crippen molar-refractivity contribution in [1.29, 1.82) is 0 Å². The molecular formula is C25H34N6O3. The highest BCUT2D eigenvalue weighted by Gasteiger charge is 2.29. The zero-order valence-electron chi connectivity index (χ0n) is 19.9. The van der Waals surface area contributed by atoms with Gasteiger partial charge in [-0.2, -0.15) is 4.98 Å². The van der Waals surface area contributed by atoms with E-state index in [-0.39, 0.29) is 12.1 Å². The topological polar surface area (TPSA) is 107 Å². The van der Waals surface area contributed by atoms with Crippen LogP contribution in [0.1, 0.15) is 45.4 Å². The fourth-order valence-corrected chi connectivity index (χ4v) is 4.90. The van der Waals surface area contributed by atoms with Gasteiger partial charge in [0.25, 0.3) is 0 Å². The molecule has 4 N–H and O–H groups in total. The minimum absolute atomic E-state index is 0.204. The van der Waals surface area contributed by atoms with Crippen LogP contribution in [0.15, 0.2) is 36.5 Å². The van der Waals surface area contributed by atoms with E-state index in [1.165, 1.54) is 0 Å². The van der Waals surface area contributed by atoms with Gasteiger partial charge in [0, 0.05) is 37.1 Å². The molecule has 0 spiro atoms. The van der Waals surface area contributed by atoms with Crippen molar-refractivity contribution in [2.24, 2.45) is 0 Å². The quantitative estimate of drug-likeness (QED) is 0.437. The second kappa shape index (κ2) is 9.31. The molecule has 1 saturated heterocycles. The van der Waals surface area contributed by atoms with E-state index in [0.717, 1.165) is 74.3 Å². The van der Waals surface area contributed by atoms with Gasteiger partial charge >= 0.3 is 0 Å². The lowest BCUT2D eigenvalue weighted by atomic mass is 9.84. The molecule has 2 fully saturated rings. The highest BCUT2D eigenvalue weighted by atomic mass is 16.5. The van der Waals surface area contributed by atoms with E-state index in [9.17, 15) is 10.2 Å². The summed E-state index contributed by atoms with van der Waals surface area (Å²) in [5.74, 6) is 1.96. The van der Waals surface area contributed by atoms with Crippen LogP contribution in [0.3, 0.4) is 0 Å². The lowest BCUT2D eigenvalue weighted by molar-refractivity contribution is 0.0196. The Morgan fingerprint density at radius 2 is 1.88 bits per heavy atom. The SMILES string of the molecule is COc1cc(N2CCC(O)CC2)ccc1Nc1nc(NC2CCC(C)(O)CC2)c2cccn2n1. The predicted octanol–water partition coefficient (Wildman–Crippen LogP) is 3.55. The number of fused-ring (bicyclic) bond motifs is 1. The Morgan fingerprint density at radius 3 is 2.62 bits per heavy atom. The molecule has 2 aliphatic rings. The number of benzene rings is 1. The largest absolute Gasteiger partial charge is 0.494 e. The van der Waals surface area contributed by atoms with Gasteiger partial charge in [0.05, 0.1) is 24.5 Å². The number of piperidine rings is 1. The first-order valence-electron chi connectivity index (χ1n) is 12.1. The summed E-state index contributed by atoms with van der Waals surface area (Å²) in [6, 6.07) is 10.3. The van der Waals surface area contributed by atoms with Gasteiger partial charge in [-0.1, -0.05) is 0 Å². The molecule has 9 nitrogen and oxygen atoms in total. The summed E-state index contributed by atoms with van der Waals surface area (Å²) in [6.07, 6.45) is 6.61. The number of nitrogens with one attached hydrogen (secondary N) is 2. The Morgan fingerprint density at radius 1 is 1.12 bits per heavy atom. The number of anilines is 4. The third-order valence-corrected chi connectivity index (χ3v) is 7.06. The van der Waals surface area contributed by atoms with Crippen LogP contribution in [-0.2, 0) is 0 Å². The minimum atomic E-state index is -0.572. The van der Waals surface area contributed by atoms with Crippen LogP contribution in [0.2, 0.25) is 0 Å². The van der Waals surface area contributed by atoms with Gasteiger partial charge in [-0.3, -0.25) is 0 Å². The molecule has 3 heterocycles. The lowest BCUT2D eigenvalue weighted by Gasteiger charge is -2.33. The molecule has 34 heavy (non-hydrogen) atoms. The molecular weight excluding hydrogens is 432 g/mol. The summed E-state index contributed by atoms with van der Waals surface area (Å²) in [7, 11) is 1.66. The van der Waals surface area contributed by atoms with Gasteiger partial charge in [0.1, 0.15) is 11.3 Å². The van der Waals surface area contributed by atoms with Gasteiger partial charge in [0.15, 0.2) is 5.82 Å². The summed E-state index contributed by atoms with van der Waals surface area (Å²) in [5.41, 5.74) is 2.20. The van der Waals surface area contributed by atoms with Crippen molar-refractivity contribution in [3.63, 3.8) is 0 Å². The first kappa shape index (κ1) is 22.7. The van der Waals surface area contributed by atoms with Crippen LogP contribution in [0.4, 0.5) is 23.1 Å². The number of hydrogen-bond acceptors (Lipinski definition) is 8. The number of methoxy groups -OCH3 is 1. The second-order valence-electron chi connectivity index (χ2n) is 9.77. The fraction of sp³-hybridized carbons (Fsp3) is 0.520. The van der Waals surface area contributed by atoms with E-state index in [4.69, 9.17) is 9.72 Å². The summed E-state index contributed by atoms with van der Waals surface area (Å²) in [4.78, 5) is 7.05. The third-order valence-electron chi connectivity index (χ3n) is 7.06. The molecule has 1 saturated carbocycles. The van der Waals surface area contributed by atoms with E-state index in [0.29, 0.717) is 11.7 Å². The lowest BCUT2D eigenvalue weighted by Crippen LogP contribution is -2.36. The predicted molar refractivity (Wildman–Crippen MR) is 133 cm³/mol. The van der Waals surface area contributed by atoms with E-state index < -0.39 is 5.60 Å². The summed E-state index contributed by atoms with van der Waals surface area (Å²) in [5, 5.41) is 31.6. The van der Waals surface area contributed by atoms with E-state index in [2.05, 4.69) is 26.7 Å². The summed E-state index contributed by atoms with van der Waals surface area (Å²) >= 11 is 0. The number of aliphatic hydroxyl groups is 2. The number of ether oxygens (including phenoxy) is 1. The van der Waals surface area contributed by atoms with Crippen molar-refractivity contribution in [1.82, 2.24) is 14.6 Å². The van der Waals surface area contributed by atoms with Crippen molar-refractivity contribution >= 4 is 28.7 Å². The molecule has 3 aromatic rings. The Balaban J connectivity index is 1.36. The fourth-order valence-electron chi connectivity index (χ4n) is 4.90. The monoisotopic (exact) mass is 466 g/mol. The zero-order valence-corrected chi connectivity index (χ0v) is 19.9. The average Bonchev–Trinajstić information content (AvgIpc) is 3.30. The van der Waals surface area contributed by atoms with Crippen molar-refractivity contribution in [2.75, 3.05) is 35.7 Å². The molecule has 182 valence electrons. The normalized spacial score (nSPS) is 23.8. The average molecular weight is 467 g/mol. The van der Waals surface area contributed by atoms with Crippen molar-refractivity contribution in [3.8, 4) is 5.75 Å². The van der Waals surface area contributed by atoms with Crippen molar-refractivity contribution < 1.29 is 14.9 Å². The smallest absolute Gasteiger partial charge is 0.247 e. The number of rotatable bonds is 6. The highest BCUT2D eigenvalue weighted by molar-refractivity contribution is 5.72. The zero-order chi connectivity index (χ0) is 23.7. The van der Waals surface area contributed by atoms with Gasteiger partial charge in [0.2, 0.25) is 5.95 Å². The number of nitrogens with zero attached hydrogens (tertiary/aromatic N) is 4. The standard InChI is InChI=1S/C25H34N6O3/c1-25(33)11-7-17(8-12-25)26-23-21-4-3-13-31(21)29-24(28-23)27-20-6-5-18(16-22(20)34-2)30-14-9-19(32)10-15-30/h3-6,13,16-17,19,32-33H,7-12,14-15H2,1-2H3,(H2,26,27,28,29). The number of aromatic nitrogens is 3. The molecule has 1 aliphatic carbocycles. The molecule has 5 rings (SSSR count). The first-order valence-corrected chi connectivity index (χ1v) is 12.1. The molecule has 1 aliphatic heterocycles. The minimum Gasteiger partial charge on any atom is -0.494 e. The maximum Gasteiger partial charge on any atom is 0.247 e. The third kappa shape index (κ3) is 4.90. The molecule has 0 bridgehead atoms. The van der Waals surface area contributed by atoms with Crippen LogP contribution in [0.5, 0.6) is 5.75 Å². The van der Waals surface area contributed by atoms with E-state index in [1.807, 2.05) is 41.9 Å². The first-order chi connectivity index (χ1) is 16.4. The van der Waals surface area contributed by atoms with Crippen LogP contribution in [-0.4, -0.2) is 62.8 Å². The van der Waals surface area contributed by atoms with Crippen LogP contribution < -0.4 is 20.3 Å². The number of aliphatic hydroxyl groups excluding tert-OH is 1. The Kier molecular flexibility index (Phi) is 6.22. The van der Waals surface area contributed by atoms with Crippen molar-refractivity contribution in [2.45, 2.75) is 63.2 Å². The van der Waals surface area contributed by atoms with Gasteiger partial charge in [-0.15, -0.1) is 5.10 Å². The Labute approximate surface area is 199 Å². The molecule has 0 unspecified atom stereocenters. The molecule has 0 atom stereocenters. The molecule has 0 amide bonds. The van der Waals surface area contributed by atoms with Crippen molar-refractivity contribution in [3.05, 3.63) is 36.5 Å². The highest BCUT2D eigenvalue weighted by Crippen LogP contribution is 2.34. The Bertz CT molecular complexity index is 1130. The van der Waals surface area contributed by atoms with Crippen LogP contribution in [0, 0.1) is 0 Å². The van der Waals surface area contributed by atoms with Crippen LogP contribution >= 0.6 is 0 Å². The maximum atomic E-state index is 10.3. The summed E-state index contributed by atoms with van der Waals surface area (Å²) < 4.78 is 7.49. The number of hydrogen-bond donors (Lipinski definition) is 4. The molecule has 0 radical (unpaired) electrons. The molecule has 9 heteroatoms. The molecule has 1 aromatic carbocycles. The maximum absolute atomic E-state index is 10.3. The second-order valence-corrected chi connectivity index (χ2v) is 9.77. The van der Waals surface area contributed by atoms with Crippen LogP contribution in [0.25, 0.3) is 5.52 Å². The van der Waals surface area contributed by atoms with E-state index in [1.54, 1.807) is 7.11 Å².